The van der Waals surface area contributed by atoms with Crippen LogP contribution in [0.2, 0.25) is 0 Å². The first-order valence-electron chi connectivity index (χ1n) is 2.86. The van der Waals surface area contributed by atoms with Crippen LogP contribution >= 0.6 is 12.6 Å². The molecule has 0 aromatic rings. The summed E-state index contributed by atoms with van der Waals surface area (Å²) >= 11 is 4.15. The summed E-state index contributed by atoms with van der Waals surface area (Å²) in [5.41, 5.74) is 0. The molecule has 0 saturated heterocycles. The molecular formula is C6H13O2S. The lowest BCUT2D eigenvalue weighted by molar-refractivity contribution is -0.0829. The summed E-state index contributed by atoms with van der Waals surface area (Å²) in [6, 6.07) is 0. The summed E-state index contributed by atoms with van der Waals surface area (Å²) < 4.78 is 9.83. The molecule has 0 aliphatic heterocycles. The second kappa shape index (κ2) is 5.09. The highest BCUT2D eigenvalue weighted by atomic mass is 32.1. The number of thiol groups is 1. The predicted octanol–water partition coefficient (Wildman–Crippen LogP) is 1.48. The van der Waals surface area contributed by atoms with Crippen molar-refractivity contribution in [1.82, 2.24) is 0 Å². The number of rotatable bonds is 4. The summed E-state index contributed by atoms with van der Waals surface area (Å²) in [6.07, 6.45) is 0.619. The smallest absolute Gasteiger partial charge is 0.172 e. The Hall–Kier alpha value is 0.270. The fourth-order valence-corrected chi connectivity index (χ4v) is 0.746. The molecular weight excluding hydrogens is 136 g/mol. The summed E-state index contributed by atoms with van der Waals surface area (Å²) in [5, 5.41) is 0.917. The molecule has 1 radical (unpaired) electrons. The Bertz CT molecular complexity index is 64.1. The van der Waals surface area contributed by atoms with Gasteiger partial charge >= 0.3 is 0 Å². The van der Waals surface area contributed by atoms with Crippen LogP contribution in [-0.2, 0) is 9.47 Å². The number of ether oxygens (including phenoxy) is 2. The highest BCUT2D eigenvalue weighted by molar-refractivity contribution is 7.83. The molecule has 2 nitrogen and oxygen atoms in total. The lowest BCUT2D eigenvalue weighted by Crippen LogP contribution is -2.18. The second-order valence-electron chi connectivity index (χ2n) is 1.65. The van der Waals surface area contributed by atoms with E-state index < -0.39 is 0 Å². The van der Waals surface area contributed by atoms with E-state index in [-0.39, 0.29) is 6.29 Å². The van der Waals surface area contributed by atoms with E-state index in [1.54, 1.807) is 14.2 Å². The average Bonchev–Trinajstić information content (AvgIpc) is 1.90. The zero-order valence-electron chi connectivity index (χ0n) is 6.05. The zero-order valence-corrected chi connectivity index (χ0v) is 6.94. The van der Waals surface area contributed by atoms with Crippen LogP contribution in [0.4, 0.5) is 0 Å². The van der Waals surface area contributed by atoms with Gasteiger partial charge in [-0.2, -0.15) is 12.6 Å². The third-order valence-electron chi connectivity index (χ3n) is 1.06. The van der Waals surface area contributed by atoms with E-state index in [1.165, 1.54) is 0 Å². The van der Waals surface area contributed by atoms with Gasteiger partial charge in [-0.1, -0.05) is 6.92 Å². The minimum absolute atomic E-state index is 0.252. The van der Waals surface area contributed by atoms with Crippen LogP contribution in [0.1, 0.15) is 13.3 Å². The van der Waals surface area contributed by atoms with Crippen LogP contribution in [0.3, 0.4) is 0 Å². The molecule has 0 aromatic heterocycles. The van der Waals surface area contributed by atoms with Crippen molar-refractivity contribution in [2.24, 2.45) is 0 Å². The molecule has 0 unspecified atom stereocenters. The van der Waals surface area contributed by atoms with Crippen molar-refractivity contribution in [2.45, 2.75) is 19.6 Å². The molecule has 0 amide bonds. The Kier molecular flexibility index (Phi) is 5.24. The Labute approximate surface area is 61.9 Å². The first kappa shape index (κ1) is 9.27. The number of hydrogen-bond acceptors (Lipinski definition) is 3. The molecule has 3 heteroatoms. The van der Waals surface area contributed by atoms with Gasteiger partial charge in [-0.25, -0.2) is 0 Å². The second-order valence-corrected chi connectivity index (χ2v) is 2.22. The van der Waals surface area contributed by atoms with Crippen molar-refractivity contribution in [3.8, 4) is 0 Å². The largest absolute Gasteiger partial charge is 0.354 e. The topological polar surface area (TPSA) is 18.5 Å². The van der Waals surface area contributed by atoms with E-state index in [1.807, 2.05) is 6.92 Å². The minimum atomic E-state index is -0.252. The van der Waals surface area contributed by atoms with Crippen molar-refractivity contribution in [3.63, 3.8) is 0 Å². The maximum atomic E-state index is 4.92. The van der Waals surface area contributed by atoms with E-state index in [0.717, 1.165) is 11.7 Å². The summed E-state index contributed by atoms with van der Waals surface area (Å²) in [6.45, 7) is 2.01. The van der Waals surface area contributed by atoms with Crippen LogP contribution < -0.4 is 0 Å². The Morgan fingerprint density at radius 2 is 1.89 bits per heavy atom. The molecule has 0 spiro atoms. The van der Waals surface area contributed by atoms with E-state index in [0.29, 0.717) is 0 Å². The molecule has 0 aliphatic carbocycles. The zero-order chi connectivity index (χ0) is 7.28. The van der Waals surface area contributed by atoms with E-state index in [2.05, 4.69) is 12.6 Å². The average molecular weight is 149 g/mol. The van der Waals surface area contributed by atoms with Crippen LogP contribution in [-0.4, -0.2) is 20.5 Å². The van der Waals surface area contributed by atoms with Gasteiger partial charge in [0.1, 0.15) is 0 Å². The van der Waals surface area contributed by atoms with E-state index in [4.69, 9.17) is 9.47 Å². The molecule has 0 aliphatic rings. The first-order valence-corrected chi connectivity index (χ1v) is 3.31. The van der Waals surface area contributed by atoms with Gasteiger partial charge in [-0.15, -0.1) is 0 Å². The molecule has 0 aromatic carbocycles. The standard InChI is InChI=1S/C6H13O2S/c1-4-5(9)6(7-2)8-3/h6,9H,4H2,1-3H3. The maximum absolute atomic E-state index is 4.92. The van der Waals surface area contributed by atoms with Gasteiger partial charge in [0.25, 0.3) is 0 Å². The van der Waals surface area contributed by atoms with Gasteiger partial charge in [0, 0.05) is 14.2 Å². The van der Waals surface area contributed by atoms with Gasteiger partial charge in [0.05, 0.1) is 5.25 Å². The fraction of sp³-hybridized carbons (Fsp3) is 0.833. The fourth-order valence-electron chi connectivity index (χ4n) is 0.535. The highest BCUT2D eigenvalue weighted by Gasteiger charge is 2.14. The van der Waals surface area contributed by atoms with Crippen molar-refractivity contribution >= 4 is 12.6 Å². The number of methoxy groups -OCH3 is 2. The lowest BCUT2D eigenvalue weighted by Gasteiger charge is -2.17. The molecule has 0 rings (SSSR count). The molecule has 0 atom stereocenters. The molecule has 0 N–H and O–H groups in total. The molecule has 0 heterocycles. The van der Waals surface area contributed by atoms with E-state index in [9.17, 15) is 0 Å². The first-order chi connectivity index (χ1) is 4.26. The Balaban J connectivity index is 3.50. The summed E-state index contributed by atoms with van der Waals surface area (Å²) in [7, 11) is 3.19. The molecule has 0 bridgehead atoms. The number of hydrogen-bond donors (Lipinski definition) is 1. The lowest BCUT2D eigenvalue weighted by atomic mass is 10.3. The summed E-state index contributed by atoms with van der Waals surface area (Å²) in [5.74, 6) is 0. The maximum Gasteiger partial charge on any atom is 0.172 e. The van der Waals surface area contributed by atoms with Crippen molar-refractivity contribution in [2.75, 3.05) is 14.2 Å². The quantitative estimate of drug-likeness (QED) is 0.482. The van der Waals surface area contributed by atoms with Gasteiger partial charge in [0.15, 0.2) is 6.29 Å². The molecule has 9 heavy (non-hydrogen) atoms. The van der Waals surface area contributed by atoms with Gasteiger partial charge in [0.2, 0.25) is 0 Å². The Morgan fingerprint density at radius 3 is 2.00 bits per heavy atom. The van der Waals surface area contributed by atoms with Gasteiger partial charge in [-0.3, -0.25) is 0 Å². The van der Waals surface area contributed by atoms with Crippen molar-refractivity contribution in [1.29, 1.82) is 0 Å². The normalized spacial score (nSPS) is 11.3. The van der Waals surface area contributed by atoms with Crippen molar-refractivity contribution < 1.29 is 9.47 Å². The van der Waals surface area contributed by atoms with Gasteiger partial charge in [-0.05, 0) is 6.42 Å². The predicted molar refractivity (Wildman–Crippen MR) is 40.3 cm³/mol. The monoisotopic (exact) mass is 149 g/mol. The van der Waals surface area contributed by atoms with Gasteiger partial charge < -0.3 is 9.47 Å². The summed E-state index contributed by atoms with van der Waals surface area (Å²) in [4.78, 5) is 0. The molecule has 55 valence electrons. The Morgan fingerprint density at radius 1 is 1.44 bits per heavy atom. The molecule has 0 saturated carbocycles. The van der Waals surface area contributed by atoms with Crippen molar-refractivity contribution in [3.05, 3.63) is 5.25 Å². The van der Waals surface area contributed by atoms with Crippen LogP contribution in [0.25, 0.3) is 0 Å². The van der Waals surface area contributed by atoms with Crippen LogP contribution in [0.5, 0.6) is 0 Å². The SMILES string of the molecule is CC[C](S)C(OC)OC. The molecule has 0 fully saturated rings. The van der Waals surface area contributed by atoms with Crippen LogP contribution in [0, 0.1) is 5.25 Å². The third-order valence-corrected chi connectivity index (χ3v) is 1.59. The minimum Gasteiger partial charge on any atom is -0.354 e. The highest BCUT2D eigenvalue weighted by Crippen LogP contribution is 2.18. The van der Waals surface area contributed by atoms with E-state index >= 15 is 0 Å². The third kappa shape index (κ3) is 3.08. The van der Waals surface area contributed by atoms with Crippen LogP contribution in [0.15, 0.2) is 0 Å².